The lowest BCUT2D eigenvalue weighted by atomic mass is 9.88. The van der Waals surface area contributed by atoms with E-state index in [0.717, 1.165) is 23.6 Å². The fraction of sp³-hybridized carbons (Fsp3) is 0.261. The molecule has 3 aromatic rings. The molecule has 5 rings (SSSR count). The molecule has 1 aromatic heterocycles. The fourth-order valence-electron chi connectivity index (χ4n) is 4.02. The van der Waals surface area contributed by atoms with Gasteiger partial charge in [-0.2, -0.15) is 0 Å². The minimum Gasteiger partial charge on any atom is -0.337 e. The second-order valence-corrected chi connectivity index (χ2v) is 8.27. The molecular formula is C23H20ClN3O2. The molecule has 2 aliphatic rings. The van der Waals surface area contributed by atoms with Crippen LogP contribution < -0.4 is 5.32 Å². The van der Waals surface area contributed by atoms with Gasteiger partial charge in [-0.1, -0.05) is 35.9 Å². The number of benzene rings is 2. The summed E-state index contributed by atoms with van der Waals surface area (Å²) in [6.07, 6.45) is 5.73. The topological polar surface area (TPSA) is 62.3 Å². The third-order valence-electron chi connectivity index (χ3n) is 5.73. The summed E-state index contributed by atoms with van der Waals surface area (Å²) in [5, 5.41) is 5.46. The number of rotatable bonds is 4. The van der Waals surface area contributed by atoms with Gasteiger partial charge < -0.3 is 10.2 Å². The molecule has 2 heterocycles. The number of aromatic nitrogens is 1. The zero-order valence-corrected chi connectivity index (χ0v) is 16.5. The Morgan fingerprint density at radius 1 is 1.17 bits per heavy atom. The highest BCUT2D eigenvalue weighted by atomic mass is 35.5. The molecular weight excluding hydrogens is 386 g/mol. The van der Waals surface area contributed by atoms with Crippen LogP contribution in [0.5, 0.6) is 0 Å². The van der Waals surface area contributed by atoms with Gasteiger partial charge in [0.25, 0.3) is 5.91 Å². The molecule has 1 atom stereocenters. The van der Waals surface area contributed by atoms with Crippen molar-refractivity contribution in [2.45, 2.75) is 18.8 Å². The van der Waals surface area contributed by atoms with E-state index in [1.807, 2.05) is 29.2 Å². The molecule has 1 aliphatic carbocycles. The van der Waals surface area contributed by atoms with Gasteiger partial charge >= 0.3 is 0 Å². The van der Waals surface area contributed by atoms with Crippen LogP contribution in [0.25, 0.3) is 10.8 Å². The van der Waals surface area contributed by atoms with Crippen LogP contribution in [0.1, 0.15) is 34.7 Å². The van der Waals surface area contributed by atoms with Crippen molar-refractivity contribution in [1.29, 1.82) is 0 Å². The monoisotopic (exact) mass is 405 g/mol. The number of anilines is 1. The number of fused-ring (bicyclic) bond motifs is 2. The lowest BCUT2D eigenvalue weighted by Crippen LogP contribution is -2.44. The van der Waals surface area contributed by atoms with Gasteiger partial charge in [-0.25, -0.2) is 0 Å². The molecule has 0 saturated heterocycles. The summed E-state index contributed by atoms with van der Waals surface area (Å²) < 4.78 is 0. The van der Waals surface area contributed by atoms with Crippen molar-refractivity contribution in [3.63, 3.8) is 0 Å². The molecule has 29 heavy (non-hydrogen) atoms. The molecule has 1 saturated carbocycles. The third-order valence-corrected chi connectivity index (χ3v) is 5.96. The average Bonchev–Trinajstić information content (AvgIpc) is 3.54. The van der Waals surface area contributed by atoms with E-state index in [0.29, 0.717) is 40.8 Å². The van der Waals surface area contributed by atoms with Crippen molar-refractivity contribution in [2.24, 2.45) is 5.92 Å². The molecule has 1 unspecified atom stereocenters. The smallest absolute Gasteiger partial charge is 0.254 e. The van der Waals surface area contributed by atoms with Gasteiger partial charge in [0.15, 0.2) is 0 Å². The van der Waals surface area contributed by atoms with Crippen molar-refractivity contribution in [3.05, 3.63) is 71.0 Å². The minimum absolute atomic E-state index is 0.0144. The second kappa shape index (κ2) is 7.16. The third kappa shape index (κ3) is 3.47. The van der Waals surface area contributed by atoms with E-state index in [2.05, 4.69) is 10.3 Å². The zero-order chi connectivity index (χ0) is 20.0. The Kier molecular flexibility index (Phi) is 4.47. The number of pyridine rings is 1. The van der Waals surface area contributed by atoms with Gasteiger partial charge in [0, 0.05) is 40.6 Å². The number of carbonyl (C=O) groups is 2. The van der Waals surface area contributed by atoms with Gasteiger partial charge in [0.2, 0.25) is 5.91 Å². The molecule has 0 bridgehead atoms. The Bertz CT molecular complexity index is 1120. The average molecular weight is 406 g/mol. The Morgan fingerprint density at radius 2 is 2.00 bits per heavy atom. The number of halogens is 1. The predicted octanol–water partition coefficient (Wildman–Crippen LogP) is 4.48. The first-order chi connectivity index (χ1) is 14.1. The lowest BCUT2D eigenvalue weighted by Gasteiger charge is -2.34. The maximum absolute atomic E-state index is 13.3. The van der Waals surface area contributed by atoms with Crippen LogP contribution in [-0.4, -0.2) is 34.8 Å². The highest BCUT2D eigenvalue weighted by molar-refractivity contribution is 6.30. The highest BCUT2D eigenvalue weighted by Gasteiger charge is 2.37. The first kappa shape index (κ1) is 18.1. The van der Waals surface area contributed by atoms with Crippen LogP contribution in [0.15, 0.2) is 54.9 Å². The molecule has 1 fully saturated rings. The summed E-state index contributed by atoms with van der Waals surface area (Å²) in [4.78, 5) is 32.3. The summed E-state index contributed by atoms with van der Waals surface area (Å²) in [5.74, 6) is -0.0858. The molecule has 2 aromatic carbocycles. The van der Waals surface area contributed by atoms with Crippen LogP contribution in [-0.2, 0) is 4.79 Å². The Labute approximate surface area is 173 Å². The van der Waals surface area contributed by atoms with Crippen LogP contribution in [0.2, 0.25) is 5.02 Å². The van der Waals surface area contributed by atoms with Crippen molar-refractivity contribution < 1.29 is 9.59 Å². The van der Waals surface area contributed by atoms with Crippen molar-refractivity contribution in [3.8, 4) is 0 Å². The lowest BCUT2D eigenvalue weighted by molar-refractivity contribution is -0.118. The van der Waals surface area contributed by atoms with Crippen LogP contribution in [0, 0.1) is 5.92 Å². The number of hydrogen-bond acceptors (Lipinski definition) is 3. The Morgan fingerprint density at radius 3 is 2.83 bits per heavy atom. The van der Waals surface area contributed by atoms with E-state index in [1.165, 1.54) is 0 Å². The van der Waals surface area contributed by atoms with Crippen molar-refractivity contribution >= 4 is 39.9 Å². The second-order valence-electron chi connectivity index (χ2n) is 7.84. The van der Waals surface area contributed by atoms with Gasteiger partial charge in [0.05, 0.1) is 17.8 Å². The van der Waals surface area contributed by atoms with Crippen LogP contribution >= 0.6 is 11.6 Å². The SMILES string of the molecule is O=C(Nc1cncc2ccccc12)C1CN(CC2CC2)C(=O)c2ccc(Cl)cc21. The molecule has 1 N–H and O–H groups in total. The number of hydrogen-bond donors (Lipinski definition) is 1. The summed E-state index contributed by atoms with van der Waals surface area (Å²) in [6.45, 7) is 1.08. The quantitative estimate of drug-likeness (QED) is 0.696. The van der Waals surface area contributed by atoms with E-state index < -0.39 is 5.92 Å². The summed E-state index contributed by atoms with van der Waals surface area (Å²) >= 11 is 6.20. The first-order valence-electron chi connectivity index (χ1n) is 9.82. The molecule has 146 valence electrons. The van der Waals surface area contributed by atoms with E-state index in [9.17, 15) is 9.59 Å². The number of nitrogens with zero attached hydrogens (tertiary/aromatic N) is 2. The molecule has 5 nitrogen and oxygen atoms in total. The molecule has 1 aliphatic heterocycles. The fourth-order valence-corrected chi connectivity index (χ4v) is 4.20. The number of nitrogens with one attached hydrogen (secondary N) is 1. The largest absolute Gasteiger partial charge is 0.337 e. The van der Waals surface area contributed by atoms with Gasteiger partial charge in [-0.15, -0.1) is 0 Å². The minimum atomic E-state index is -0.473. The van der Waals surface area contributed by atoms with Crippen molar-refractivity contribution in [1.82, 2.24) is 9.88 Å². The molecule has 0 radical (unpaired) electrons. The summed E-state index contributed by atoms with van der Waals surface area (Å²) in [6, 6.07) is 13.0. The van der Waals surface area contributed by atoms with Gasteiger partial charge in [0.1, 0.15) is 0 Å². The van der Waals surface area contributed by atoms with Gasteiger partial charge in [-0.05, 0) is 42.5 Å². The van der Waals surface area contributed by atoms with Gasteiger partial charge in [-0.3, -0.25) is 14.6 Å². The molecule has 0 spiro atoms. The predicted molar refractivity (Wildman–Crippen MR) is 113 cm³/mol. The Balaban J connectivity index is 1.49. The maximum Gasteiger partial charge on any atom is 0.254 e. The van der Waals surface area contributed by atoms with E-state index in [1.54, 1.807) is 30.6 Å². The zero-order valence-electron chi connectivity index (χ0n) is 15.8. The highest BCUT2D eigenvalue weighted by Crippen LogP contribution is 2.36. The molecule has 6 heteroatoms. The standard InChI is InChI=1S/C23H20ClN3O2/c24-16-7-8-18-19(9-16)20(13-27(23(18)29)12-14-5-6-14)22(28)26-21-11-25-10-15-3-1-2-4-17(15)21/h1-4,7-11,14,20H,5-6,12-13H2,(H,26,28). The van der Waals surface area contributed by atoms with Crippen LogP contribution in [0.4, 0.5) is 5.69 Å². The summed E-state index contributed by atoms with van der Waals surface area (Å²) in [7, 11) is 0. The number of amides is 2. The van der Waals surface area contributed by atoms with Crippen LogP contribution in [0.3, 0.4) is 0 Å². The number of carbonyl (C=O) groups excluding carboxylic acids is 2. The normalized spacial score (nSPS) is 18.6. The van der Waals surface area contributed by atoms with E-state index in [-0.39, 0.29) is 11.8 Å². The maximum atomic E-state index is 13.3. The first-order valence-corrected chi connectivity index (χ1v) is 10.2. The van der Waals surface area contributed by atoms with E-state index >= 15 is 0 Å². The Hall–Kier alpha value is -2.92. The van der Waals surface area contributed by atoms with Crippen molar-refractivity contribution in [2.75, 3.05) is 18.4 Å². The molecule has 2 amide bonds. The summed E-state index contributed by atoms with van der Waals surface area (Å²) in [5.41, 5.74) is 1.93. The van der Waals surface area contributed by atoms with E-state index in [4.69, 9.17) is 11.6 Å².